The largest absolute Gasteiger partial charge is 0.399 e. The van der Waals surface area contributed by atoms with E-state index in [1.165, 1.54) is 0 Å². The summed E-state index contributed by atoms with van der Waals surface area (Å²) in [6.07, 6.45) is 3.41. The summed E-state index contributed by atoms with van der Waals surface area (Å²) < 4.78 is 0. The van der Waals surface area contributed by atoms with Crippen LogP contribution in [-0.2, 0) is 0 Å². The van der Waals surface area contributed by atoms with Gasteiger partial charge < -0.3 is 5.73 Å². The molecule has 0 rings (SSSR count). The fourth-order valence-corrected chi connectivity index (χ4v) is 0.706. The van der Waals surface area contributed by atoms with Crippen molar-refractivity contribution in [1.29, 1.82) is 0 Å². The monoisotopic (exact) mass is 157 g/mol. The molecule has 2 heteroatoms. The summed E-state index contributed by atoms with van der Waals surface area (Å²) in [4.78, 5) is 0. The SMILES string of the molecule is C=C/C(N)=C(C)\C=C(/C)Cl. The van der Waals surface area contributed by atoms with Gasteiger partial charge in [-0.15, -0.1) is 0 Å². The van der Waals surface area contributed by atoms with Crippen LogP contribution in [-0.4, -0.2) is 0 Å². The van der Waals surface area contributed by atoms with Crippen molar-refractivity contribution in [3.63, 3.8) is 0 Å². The van der Waals surface area contributed by atoms with Gasteiger partial charge in [-0.05, 0) is 31.6 Å². The lowest BCUT2D eigenvalue weighted by Crippen LogP contribution is -1.94. The zero-order valence-electron chi connectivity index (χ0n) is 6.32. The molecule has 0 saturated carbocycles. The van der Waals surface area contributed by atoms with Crippen molar-refractivity contribution in [3.05, 3.63) is 35.0 Å². The number of hydrogen-bond acceptors (Lipinski definition) is 1. The van der Waals surface area contributed by atoms with Crippen molar-refractivity contribution < 1.29 is 0 Å². The minimum absolute atomic E-state index is 0.667. The Morgan fingerprint density at radius 3 is 2.30 bits per heavy atom. The Morgan fingerprint density at radius 2 is 2.00 bits per heavy atom. The molecule has 0 radical (unpaired) electrons. The standard InChI is InChI=1S/C8H12ClN/c1-4-8(10)6(2)5-7(3)9/h4-5H,1,10H2,2-3H3/b7-5+,8-6+. The molecule has 0 aliphatic carbocycles. The maximum Gasteiger partial charge on any atom is 0.0338 e. The molecule has 0 aromatic carbocycles. The lowest BCUT2D eigenvalue weighted by atomic mass is 10.2. The van der Waals surface area contributed by atoms with Crippen LogP contribution in [0.25, 0.3) is 0 Å². The Balaban J connectivity index is 4.48. The third kappa shape index (κ3) is 3.36. The van der Waals surface area contributed by atoms with E-state index in [0.717, 1.165) is 10.6 Å². The third-order valence-electron chi connectivity index (χ3n) is 1.09. The molecular formula is C8H12ClN. The van der Waals surface area contributed by atoms with Gasteiger partial charge in [0.25, 0.3) is 0 Å². The number of allylic oxidation sites excluding steroid dienone is 4. The smallest absolute Gasteiger partial charge is 0.0338 e. The molecule has 0 heterocycles. The summed E-state index contributed by atoms with van der Waals surface area (Å²) in [5, 5.41) is 0.724. The molecule has 56 valence electrons. The van der Waals surface area contributed by atoms with E-state index in [-0.39, 0.29) is 0 Å². The summed E-state index contributed by atoms with van der Waals surface area (Å²) in [6.45, 7) is 7.23. The van der Waals surface area contributed by atoms with Crippen LogP contribution in [0.1, 0.15) is 13.8 Å². The van der Waals surface area contributed by atoms with Crippen molar-refractivity contribution in [2.75, 3.05) is 0 Å². The Morgan fingerprint density at radius 1 is 1.50 bits per heavy atom. The zero-order valence-corrected chi connectivity index (χ0v) is 7.07. The van der Waals surface area contributed by atoms with E-state index in [9.17, 15) is 0 Å². The maximum absolute atomic E-state index is 5.61. The van der Waals surface area contributed by atoms with Gasteiger partial charge in [-0.25, -0.2) is 0 Å². The van der Waals surface area contributed by atoms with E-state index in [1.54, 1.807) is 19.1 Å². The van der Waals surface area contributed by atoms with Crippen LogP contribution in [0, 0.1) is 0 Å². The van der Waals surface area contributed by atoms with E-state index in [0.29, 0.717) is 5.70 Å². The second-order valence-electron chi connectivity index (χ2n) is 2.07. The van der Waals surface area contributed by atoms with Crippen LogP contribution in [0.2, 0.25) is 0 Å². The first-order valence-electron chi connectivity index (χ1n) is 3.00. The summed E-state index contributed by atoms with van der Waals surface area (Å²) >= 11 is 5.61. The first-order valence-corrected chi connectivity index (χ1v) is 3.38. The highest BCUT2D eigenvalue weighted by atomic mass is 35.5. The Bertz CT molecular complexity index is 185. The molecule has 0 fully saturated rings. The van der Waals surface area contributed by atoms with Crippen LogP contribution in [0.3, 0.4) is 0 Å². The average molecular weight is 158 g/mol. The quantitative estimate of drug-likeness (QED) is 0.613. The number of rotatable bonds is 2. The van der Waals surface area contributed by atoms with Gasteiger partial charge >= 0.3 is 0 Å². The molecule has 1 nitrogen and oxygen atoms in total. The van der Waals surface area contributed by atoms with Gasteiger partial charge in [-0.2, -0.15) is 0 Å². The Kier molecular flexibility index (Phi) is 3.89. The topological polar surface area (TPSA) is 26.0 Å². The highest BCUT2D eigenvalue weighted by molar-refractivity contribution is 6.29. The van der Waals surface area contributed by atoms with E-state index < -0.39 is 0 Å². The first kappa shape index (κ1) is 9.31. The fraction of sp³-hybridized carbons (Fsp3) is 0.250. The summed E-state index contributed by atoms with van der Waals surface area (Å²) in [5.74, 6) is 0. The highest BCUT2D eigenvalue weighted by Crippen LogP contribution is 2.07. The molecule has 0 aromatic heterocycles. The summed E-state index contributed by atoms with van der Waals surface area (Å²) in [5.41, 5.74) is 7.14. The fourth-order valence-electron chi connectivity index (χ4n) is 0.543. The Hall–Kier alpha value is -0.690. The molecule has 0 unspecified atom stereocenters. The molecule has 0 atom stereocenters. The van der Waals surface area contributed by atoms with Crippen LogP contribution in [0.4, 0.5) is 0 Å². The van der Waals surface area contributed by atoms with Crippen molar-refractivity contribution >= 4 is 11.6 Å². The van der Waals surface area contributed by atoms with Gasteiger partial charge in [0.15, 0.2) is 0 Å². The van der Waals surface area contributed by atoms with Crippen LogP contribution in [0.15, 0.2) is 35.0 Å². The average Bonchev–Trinajstić information content (AvgIpc) is 1.85. The van der Waals surface area contributed by atoms with E-state index in [2.05, 4.69) is 6.58 Å². The highest BCUT2D eigenvalue weighted by Gasteiger charge is 1.88. The van der Waals surface area contributed by atoms with E-state index >= 15 is 0 Å². The minimum Gasteiger partial charge on any atom is -0.399 e. The first-order chi connectivity index (χ1) is 4.57. The maximum atomic E-state index is 5.61. The van der Waals surface area contributed by atoms with E-state index in [4.69, 9.17) is 17.3 Å². The normalized spacial score (nSPS) is 14.5. The number of hydrogen-bond donors (Lipinski definition) is 1. The van der Waals surface area contributed by atoms with Gasteiger partial charge in [-0.3, -0.25) is 0 Å². The Labute approximate surface area is 66.9 Å². The predicted molar refractivity (Wildman–Crippen MR) is 46.7 cm³/mol. The van der Waals surface area contributed by atoms with Crippen molar-refractivity contribution in [3.8, 4) is 0 Å². The van der Waals surface area contributed by atoms with Gasteiger partial charge in [0.2, 0.25) is 0 Å². The van der Waals surface area contributed by atoms with Crippen LogP contribution < -0.4 is 5.73 Å². The summed E-state index contributed by atoms with van der Waals surface area (Å²) in [7, 11) is 0. The molecule has 0 spiro atoms. The van der Waals surface area contributed by atoms with Crippen molar-refractivity contribution in [2.45, 2.75) is 13.8 Å². The minimum atomic E-state index is 0.667. The molecule has 0 bridgehead atoms. The zero-order chi connectivity index (χ0) is 8.15. The molecular weight excluding hydrogens is 146 g/mol. The van der Waals surface area contributed by atoms with Gasteiger partial charge in [0.1, 0.15) is 0 Å². The number of nitrogens with two attached hydrogens (primary N) is 1. The van der Waals surface area contributed by atoms with Crippen LogP contribution >= 0.6 is 11.6 Å². The predicted octanol–water partition coefficient (Wildman–Crippen LogP) is 2.55. The van der Waals surface area contributed by atoms with Crippen LogP contribution in [0.5, 0.6) is 0 Å². The molecule has 0 saturated heterocycles. The van der Waals surface area contributed by atoms with Gasteiger partial charge in [0.05, 0.1) is 0 Å². The van der Waals surface area contributed by atoms with Crippen molar-refractivity contribution in [2.24, 2.45) is 5.73 Å². The third-order valence-corrected chi connectivity index (χ3v) is 1.20. The molecule has 0 aliphatic rings. The lowest BCUT2D eigenvalue weighted by molar-refractivity contribution is 1.32. The van der Waals surface area contributed by atoms with Crippen molar-refractivity contribution in [1.82, 2.24) is 0 Å². The van der Waals surface area contributed by atoms with Gasteiger partial charge in [0, 0.05) is 10.7 Å². The molecule has 10 heavy (non-hydrogen) atoms. The molecule has 2 N–H and O–H groups in total. The molecule has 0 aliphatic heterocycles. The van der Waals surface area contributed by atoms with E-state index in [1.807, 2.05) is 6.92 Å². The molecule has 0 amide bonds. The molecule has 0 aromatic rings. The lowest BCUT2D eigenvalue weighted by Gasteiger charge is -1.96. The second kappa shape index (κ2) is 4.18. The summed E-state index contributed by atoms with van der Waals surface area (Å²) in [6, 6.07) is 0. The second-order valence-corrected chi connectivity index (χ2v) is 2.67. The number of halogens is 1. The van der Waals surface area contributed by atoms with Gasteiger partial charge in [-0.1, -0.05) is 18.2 Å².